The molecule has 3 N–H and O–H groups in total. The largest absolute Gasteiger partial charge is 0.496 e. The van der Waals surface area contributed by atoms with Gasteiger partial charge in [0.15, 0.2) is 5.56 Å². The lowest BCUT2D eigenvalue weighted by molar-refractivity contribution is -0.140. The molecule has 0 atom stereocenters. The second-order valence-electron chi connectivity index (χ2n) is 4.61. The monoisotopic (exact) mass is 341 g/mol. The smallest absolute Gasteiger partial charge is 0.425 e. The van der Waals surface area contributed by atoms with Crippen LogP contribution >= 0.6 is 0 Å². The minimum atomic E-state index is -4.73. The van der Waals surface area contributed by atoms with Crippen LogP contribution in [-0.2, 0) is 6.18 Å². The van der Waals surface area contributed by atoms with Crippen molar-refractivity contribution in [3.8, 4) is 17.4 Å². The summed E-state index contributed by atoms with van der Waals surface area (Å²) in [5.41, 5.74) is 4.60. The average Bonchev–Trinajstić information content (AvgIpc) is 2.53. The number of nitrogens with one attached hydrogen (secondary N) is 1. The van der Waals surface area contributed by atoms with Gasteiger partial charge in [0.2, 0.25) is 5.88 Å². The van der Waals surface area contributed by atoms with Gasteiger partial charge in [0, 0.05) is 18.9 Å². The normalized spacial score (nSPS) is 11.0. The molecule has 0 fully saturated rings. The van der Waals surface area contributed by atoms with E-state index in [4.69, 9.17) is 15.2 Å². The predicted octanol–water partition coefficient (Wildman–Crippen LogP) is 3.04. The van der Waals surface area contributed by atoms with Crippen molar-refractivity contribution in [2.45, 2.75) is 6.18 Å². The third-order valence-corrected chi connectivity index (χ3v) is 3.12. The van der Waals surface area contributed by atoms with Gasteiger partial charge < -0.3 is 20.5 Å². The minimum absolute atomic E-state index is 0.0194. The van der Waals surface area contributed by atoms with Gasteiger partial charge in [-0.3, -0.25) is 4.79 Å². The zero-order valence-electron chi connectivity index (χ0n) is 12.8. The molecule has 1 aromatic heterocycles. The maximum Gasteiger partial charge on any atom is 0.425 e. The Hall–Kier alpha value is -2.97. The van der Waals surface area contributed by atoms with Crippen LogP contribution in [0.25, 0.3) is 0 Å². The van der Waals surface area contributed by atoms with Crippen molar-refractivity contribution >= 4 is 11.6 Å². The van der Waals surface area contributed by atoms with E-state index in [1.165, 1.54) is 18.2 Å². The minimum Gasteiger partial charge on any atom is -0.496 e. The number of methoxy groups -OCH3 is 1. The van der Waals surface area contributed by atoms with Gasteiger partial charge >= 0.3 is 6.18 Å². The Labute approximate surface area is 135 Å². The van der Waals surface area contributed by atoms with E-state index in [1.54, 1.807) is 7.05 Å². The van der Waals surface area contributed by atoms with Crippen molar-refractivity contribution < 1.29 is 27.4 Å². The fourth-order valence-electron chi connectivity index (χ4n) is 2.05. The Balaban J connectivity index is 2.49. The molecule has 0 bridgehead atoms. The Bertz CT molecular complexity index is 763. The van der Waals surface area contributed by atoms with Crippen LogP contribution in [0.3, 0.4) is 0 Å². The Morgan fingerprint density at radius 1 is 1.29 bits per heavy atom. The lowest BCUT2D eigenvalue weighted by Crippen LogP contribution is -2.14. The van der Waals surface area contributed by atoms with Crippen molar-refractivity contribution in [3.05, 3.63) is 41.6 Å². The highest BCUT2D eigenvalue weighted by Crippen LogP contribution is 2.42. The lowest BCUT2D eigenvalue weighted by Gasteiger charge is -2.16. The van der Waals surface area contributed by atoms with E-state index in [1.807, 2.05) is 0 Å². The Kier molecular flexibility index (Phi) is 4.82. The molecule has 0 aliphatic heterocycles. The van der Waals surface area contributed by atoms with Gasteiger partial charge in [-0.05, 0) is 24.3 Å². The van der Waals surface area contributed by atoms with Gasteiger partial charge in [0.1, 0.15) is 11.5 Å². The number of aromatic nitrogens is 1. The highest BCUT2D eigenvalue weighted by molar-refractivity contribution is 5.98. The third kappa shape index (κ3) is 3.50. The van der Waals surface area contributed by atoms with Gasteiger partial charge in [0.25, 0.3) is 5.91 Å². The van der Waals surface area contributed by atoms with Gasteiger partial charge in [-0.25, -0.2) is 4.98 Å². The number of primary amides is 1. The van der Waals surface area contributed by atoms with E-state index in [0.717, 1.165) is 19.4 Å². The number of anilines is 1. The third-order valence-electron chi connectivity index (χ3n) is 3.12. The zero-order valence-corrected chi connectivity index (χ0v) is 12.8. The molecule has 0 saturated heterocycles. The summed E-state index contributed by atoms with van der Waals surface area (Å²) < 4.78 is 49.7. The van der Waals surface area contributed by atoms with Crippen molar-refractivity contribution in [2.75, 3.05) is 19.5 Å². The number of hydrogen-bond donors (Lipinski definition) is 2. The number of hydrogen-bond acceptors (Lipinski definition) is 5. The Morgan fingerprint density at radius 3 is 2.54 bits per heavy atom. The molecule has 0 spiro atoms. The van der Waals surface area contributed by atoms with Crippen LogP contribution in [0, 0.1) is 0 Å². The molecule has 1 heterocycles. The predicted molar refractivity (Wildman–Crippen MR) is 80.4 cm³/mol. The van der Waals surface area contributed by atoms with E-state index in [0.29, 0.717) is 5.69 Å². The fourth-order valence-corrected chi connectivity index (χ4v) is 2.05. The first-order valence-corrected chi connectivity index (χ1v) is 6.67. The second kappa shape index (κ2) is 6.65. The summed E-state index contributed by atoms with van der Waals surface area (Å²) in [6, 6.07) is 5.16. The summed E-state index contributed by atoms with van der Waals surface area (Å²) in [7, 11) is 2.69. The number of alkyl halides is 3. The van der Waals surface area contributed by atoms with Crippen LogP contribution in [-0.4, -0.2) is 25.0 Å². The zero-order chi connectivity index (χ0) is 17.9. The lowest BCUT2D eigenvalue weighted by atomic mass is 10.1. The molecule has 128 valence electrons. The van der Waals surface area contributed by atoms with Crippen LogP contribution in [0.15, 0.2) is 30.5 Å². The van der Waals surface area contributed by atoms with Crippen molar-refractivity contribution in [1.82, 2.24) is 4.98 Å². The Morgan fingerprint density at radius 2 is 2.00 bits per heavy atom. The standard InChI is InChI=1S/C15H14F3N3O3/c1-20-10-4-3-8(7-9(10)13(19)22)24-14-12(15(16,17)18)11(23-2)5-6-21-14/h3-7,20H,1-2H3,(H2,19,22). The molecule has 2 rings (SSSR count). The van der Waals surface area contributed by atoms with Gasteiger partial charge in [-0.15, -0.1) is 0 Å². The first kappa shape index (κ1) is 17.4. The number of carbonyl (C=O) groups is 1. The summed E-state index contributed by atoms with van der Waals surface area (Å²) in [5, 5.41) is 2.75. The molecule has 2 aromatic rings. The highest BCUT2D eigenvalue weighted by atomic mass is 19.4. The number of nitrogens with two attached hydrogens (primary N) is 1. The average molecular weight is 341 g/mol. The van der Waals surface area contributed by atoms with E-state index < -0.39 is 29.3 Å². The number of nitrogens with zero attached hydrogens (tertiary/aromatic N) is 1. The maximum atomic E-state index is 13.2. The molecule has 0 radical (unpaired) electrons. The van der Waals surface area contributed by atoms with Crippen LogP contribution < -0.4 is 20.5 Å². The van der Waals surface area contributed by atoms with E-state index in [-0.39, 0.29) is 11.3 Å². The molecule has 1 aromatic carbocycles. The highest BCUT2D eigenvalue weighted by Gasteiger charge is 2.39. The number of carbonyl (C=O) groups excluding carboxylic acids is 1. The molecule has 24 heavy (non-hydrogen) atoms. The molecular weight excluding hydrogens is 327 g/mol. The molecule has 0 aliphatic rings. The van der Waals surface area contributed by atoms with Crippen LogP contribution in [0.1, 0.15) is 15.9 Å². The van der Waals surface area contributed by atoms with Crippen molar-refractivity contribution in [3.63, 3.8) is 0 Å². The fraction of sp³-hybridized carbons (Fsp3) is 0.200. The molecule has 1 amide bonds. The maximum absolute atomic E-state index is 13.2. The van der Waals surface area contributed by atoms with Gasteiger partial charge in [-0.2, -0.15) is 13.2 Å². The molecular formula is C15H14F3N3O3. The molecule has 0 saturated carbocycles. The van der Waals surface area contributed by atoms with Crippen LogP contribution in [0.4, 0.5) is 18.9 Å². The summed E-state index contributed by atoms with van der Waals surface area (Å²) in [6.45, 7) is 0. The number of amides is 1. The van der Waals surface area contributed by atoms with E-state index in [2.05, 4.69) is 10.3 Å². The SMILES string of the molecule is CNc1ccc(Oc2nccc(OC)c2C(F)(F)F)cc1C(N)=O. The first-order chi connectivity index (χ1) is 11.3. The molecule has 6 nitrogen and oxygen atoms in total. The van der Waals surface area contributed by atoms with Crippen LogP contribution in [0.2, 0.25) is 0 Å². The van der Waals surface area contributed by atoms with Crippen molar-refractivity contribution in [2.24, 2.45) is 5.73 Å². The summed E-state index contributed by atoms with van der Waals surface area (Å²) in [4.78, 5) is 15.0. The van der Waals surface area contributed by atoms with Crippen LogP contribution in [0.5, 0.6) is 17.4 Å². The summed E-state index contributed by atoms with van der Waals surface area (Å²) in [6.07, 6.45) is -3.60. The number of halogens is 3. The van der Waals surface area contributed by atoms with Gasteiger partial charge in [-0.1, -0.05) is 0 Å². The first-order valence-electron chi connectivity index (χ1n) is 6.67. The number of ether oxygens (including phenoxy) is 2. The number of rotatable bonds is 5. The summed E-state index contributed by atoms with van der Waals surface area (Å²) >= 11 is 0. The second-order valence-corrected chi connectivity index (χ2v) is 4.61. The van der Waals surface area contributed by atoms with E-state index >= 15 is 0 Å². The van der Waals surface area contributed by atoms with Crippen molar-refractivity contribution in [1.29, 1.82) is 0 Å². The number of benzene rings is 1. The topological polar surface area (TPSA) is 86.5 Å². The van der Waals surface area contributed by atoms with Gasteiger partial charge in [0.05, 0.1) is 12.7 Å². The molecule has 9 heteroatoms. The van der Waals surface area contributed by atoms with E-state index in [9.17, 15) is 18.0 Å². The molecule has 0 unspecified atom stereocenters. The number of pyridine rings is 1. The molecule has 0 aliphatic carbocycles. The summed E-state index contributed by atoms with van der Waals surface area (Å²) in [5.74, 6) is -1.88. The quantitative estimate of drug-likeness (QED) is 0.873.